The van der Waals surface area contributed by atoms with Crippen molar-refractivity contribution in [3.8, 4) is 0 Å². The number of halogens is 1. The molecule has 0 aliphatic carbocycles. The minimum Gasteiger partial charge on any atom is -0.303 e. The summed E-state index contributed by atoms with van der Waals surface area (Å²) in [6.45, 7) is 13.4. The normalized spacial score (nSPS) is 22.2. The number of hydrogen-bond donors (Lipinski definition) is 0. The van der Waals surface area contributed by atoms with Gasteiger partial charge in [0.2, 0.25) is 0 Å². The van der Waals surface area contributed by atoms with Crippen LogP contribution in [-0.4, -0.2) is 29.9 Å². The molecule has 0 amide bonds. The van der Waals surface area contributed by atoms with Crippen LogP contribution in [0.15, 0.2) is 0 Å². The molecule has 1 unspecified atom stereocenters. The molecule has 2 heteroatoms. The highest BCUT2D eigenvalue weighted by Crippen LogP contribution is 2.34. The average Bonchev–Trinajstić information content (AvgIpc) is 2.65. The largest absolute Gasteiger partial charge is 0.303 e. The summed E-state index contributed by atoms with van der Waals surface area (Å²) in [4.78, 5) is 2.77. The Bertz CT molecular complexity index is 246. The van der Waals surface area contributed by atoms with Gasteiger partial charge >= 0.3 is 0 Å². The summed E-state index contributed by atoms with van der Waals surface area (Å²) in [5, 5.41) is 1.17. The quantitative estimate of drug-likeness (QED) is 0.508. The summed E-state index contributed by atoms with van der Waals surface area (Å²) in [6, 6.07) is 0. The second-order valence-electron chi connectivity index (χ2n) is 7.34. The van der Waals surface area contributed by atoms with Crippen LogP contribution in [0, 0.1) is 17.3 Å². The van der Waals surface area contributed by atoms with Crippen molar-refractivity contribution in [3.05, 3.63) is 0 Å². The summed E-state index contributed by atoms with van der Waals surface area (Å²) in [6.07, 6.45) is 9.62. The average molecular weight is 346 g/mol. The standard InChI is InChI=1S/C18H36BrN/c1-5-10-18(14-19,11-6-2)15-20-12-7-8-17(9-13-20)16(3)4/h16-17H,5-15H2,1-4H3. The highest BCUT2D eigenvalue weighted by molar-refractivity contribution is 9.09. The minimum atomic E-state index is 0.515. The highest BCUT2D eigenvalue weighted by Gasteiger charge is 2.30. The Labute approximate surface area is 136 Å². The lowest BCUT2D eigenvalue weighted by Crippen LogP contribution is -2.39. The van der Waals surface area contributed by atoms with Crippen LogP contribution in [0.3, 0.4) is 0 Å². The maximum absolute atomic E-state index is 3.83. The van der Waals surface area contributed by atoms with Crippen molar-refractivity contribution in [3.63, 3.8) is 0 Å². The van der Waals surface area contributed by atoms with Gasteiger partial charge in [0.25, 0.3) is 0 Å². The summed E-state index contributed by atoms with van der Waals surface area (Å²) < 4.78 is 0. The first-order valence-corrected chi connectivity index (χ1v) is 9.97. The maximum Gasteiger partial charge on any atom is 0.0100 e. The smallest absolute Gasteiger partial charge is 0.0100 e. The van der Waals surface area contributed by atoms with Crippen molar-refractivity contribution in [2.75, 3.05) is 25.0 Å². The van der Waals surface area contributed by atoms with Crippen LogP contribution in [0.5, 0.6) is 0 Å². The molecule has 1 fully saturated rings. The first-order valence-electron chi connectivity index (χ1n) is 8.85. The van der Waals surface area contributed by atoms with Crippen molar-refractivity contribution >= 4 is 15.9 Å². The zero-order valence-corrected chi connectivity index (χ0v) is 15.8. The second-order valence-corrected chi connectivity index (χ2v) is 7.91. The molecule has 0 radical (unpaired) electrons. The molecule has 0 aromatic rings. The minimum absolute atomic E-state index is 0.515. The molecule has 0 aromatic carbocycles. The summed E-state index contributed by atoms with van der Waals surface area (Å²) >= 11 is 3.83. The molecule has 0 bridgehead atoms. The SMILES string of the molecule is CCCC(CBr)(CCC)CN1CCCC(C(C)C)CC1. The molecule has 20 heavy (non-hydrogen) atoms. The van der Waals surface area contributed by atoms with Crippen LogP contribution in [0.25, 0.3) is 0 Å². The van der Waals surface area contributed by atoms with E-state index in [2.05, 4.69) is 48.5 Å². The lowest BCUT2D eigenvalue weighted by Gasteiger charge is -2.37. The summed E-state index contributed by atoms with van der Waals surface area (Å²) in [5.41, 5.74) is 0.515. The van der Waals surface area contributed by atoms with E-state index in [-0.39, 0.29) is 0 Å². The molecular formula is C18H36BrN. The molecule has 0 N–H and O–H groups in total. The molecule has 1 aliphatic heterocycles. The molecule has 0 spiro atoms. The predicted octanol–water partition coefficient (Wildman–Crippen LogP) is 5.73. The topological polar surface area (TPSA) is 3.24 Å². The summed E-state index contributed by atoms with van der Waals surface area (Å²) in [5.74, 6) is 1.82. The van der Waals surface area contributed by atoms with E-state index in [1.165, 1.54) is 69.9 Å². The molecule has 120 valence electrons. The van der Waals surface area contributed by atoms with Crippen molar-refractivity contribution in [1.82, 2.24) is 4.90 Å². The van der Waals surface area contributed by atoms with Crippen LogP contribution in [0.4, 0.5) is 0 Å². The van der Waals surface area contributed by atoms with Crippen LogP contribution >= 0.6 is 15.9 Å². The predicted molar refractivity (Wildman–Crippen MR) is 94.7 cm³/mol. The van der Waals surface area contributed by atoms with Gasteiger partial charge in [0, 0.05) is 11.9 Å². The fourth-order valence-electron chi connectivity index (χ4n) is 4.00. The zero-order chi connectivity index (χ0) is 15.0. The molecule has 1 aliphatic rings. The van der Waals surface area contributed by atoms with E-state index in [0.717, 1.165) is 11.8 Å². The lowest BCUT2D eigenvalue weighted by atomic mass is 9.80. The molecule has 1 rings (SSSR count). The van der Waals surface area contributed by atoms with E-state index in [1.807, 2.05) is 0 Å². The van der Waals surface area contributed by atoms with Crippen molar-refractivity contribution < 1.29 is 0 Å². The third-order valence-electron chi connectivity index (χ3n) is 5.21. The number of alkyl halides is 1. The molecule has 1 heterocycles. The van der Waals surface area contributed by atoms with Gasteiger partial charge < -0.3 is 4.90 Å². The molecule has 0 saturated carbocycles. The van der Waals surface area contributed by atoms with Crippen molar-refractivity contribution in [1.29, 1.82) is 0 Å². The Morgan fingerprint density at radius 3 is 2.25 bits per heavy atom. The van der Waals surface area contributed by atoms with E-state index >= 15 is 0 Å². The fourth-order valence-corrected chi connectivity index (χ4v) is 4.74. The van der Waals surface area contributed by atoms with E-state index < -0.39 is 0 Å². The summed E-state index contributed by atoms with van der Waals surface area (Å²) in [7, 11) is 0. The van der Waals surface area contributed by atoms with Crippen molar-refractivity contribution in [2.24, 2.45) is 17.3 Å². The Kier molecular flexibility index (Phi) is 8.74. The number of rotatable bonds is 8. The van der Waals surface area contributed by atoms with Crippen LogP contribution < -0.4 is 0 Å². The molecular weight excluding hydrogens is 310 g/mol. The Morgan fingerprint density at radius 2 is 1.75 bits per heavy atom. The van der Waals surface area contributed by atoms with Crippen LogP contribution in [0.2, 0.25) is 0 Å². The van der Waals surface area contributed by atoms with Gasteiger partial charge in [-0.25, -0.2) is 0 Å². The van der Waals surface area contributed by atoms with Gasteiger partial charge in [-0.15, -0.1) is 0 Å². The maximum atomic E-state index is 3.83. The van der Waals surface area contributed by atoms with E-state index in [4.69, 9.17) is 0 Å². The number of nitrogens with zero attached hydrogens (tertiary/aromatic N) is 1. The van der Waals surface area contributed by atoms with Gasteiger partial charge in [0.1, 0.15) is 0 Å². The van der Waals surface area contributed by atoms with Gasteiger partial charge in [-0.3, -0.25) is 0 Å². The first kappa shape index (κ1) is 18.5. The van der Waals surface area contributed by atoms with E-state index in [1.54, 1.807) is 0 Å². The van der Waals surface area contributed by atoms with E-state index in [9.17, 15) is 0 Å². The Balaban J connectivity index is 2.59. The van der Waals surface area contributed by atoms with Gasteiger partial charge in [0.15, 0.2) is 0 Å². The highest BCUT2D eigenvalue weighted by atomic mass is 79.9. The van der Waals surface area contributed by atoms with Crippen molar-refractivity contribution in [2.45, 2.75) is 72.6 Å². The van der Waals surface area contributed by atoms with Crippen LogP contribution in [0.1, 0.15) is 72.6 Å². The van der Waals surface area contributed by atoms with Crippen LogP contribution in [-0.2, 0) is 0 Å². The number of likely N-dealkylation sites (tertiary alicyclic amines) is 1. The second kappa shape index (κ2) is 9.46. The number of hydrogen-bond acceptors (Lipinski definition) is 1. The first-order chi connectivity index (χ1) is 9.56. The monoisotopic (exact) mass is 345 g/mol. The third kappa shape index (κ3) is 5.67. The van der Waals surface area contributed by atoms with E-state index in [0.29, 0.717) is 5.41 Å². The molecule has 1 nitrogen and oxygen atoms in total. The molecule has 1 atom stereocenters. The Hall–Kier alpha value is 0.440. The van der Waals surface area contributed by atoms with Gasteiger partial charge in [0.05, 0.1) is 0 Å². The van der Waals surface area contributed by atoms with Gasteiger partial charge in [-0.05, 0) is 62.4 Å². The third-order valence-corrected chi connectivity index (χ3v) is 6.40. The fraction of sp³-hybridized carbons (Fsp3) is 1.00. The molecule has 0 aromatic heterocycles. The van der Waals surface area contributed by atoms with Gasteiger partial charge in [-0.2, -0.15) is 0 Å². The zero-order valence-electron chi connectivity index (χ0n) is 14.3. The lowest BCUT2D eigenvalue weighted by molar-refractivity contribution is 0.148. The Morgan fingerprint density at radius 1 is 1.10 bits per heavy atom. The molecule has 1 saturated heterocycles. The van der Waals surface area contributed by atoms with Gasteiger partial charge in [-0.1, -0.05) is 56.5 Å².